The summed E-state index contributed by atoms with van der Waals surface area (Å²) in [6, 6.07) is 35.2. The molecule has 0 atom stereocenters. The molecule has 168 valence electrons. The summed E-state index contributed by atoms with van der Waals surface area (Å²) in [7, 11) is -4.40. The van der Waals surface area contributed by atoms with Crippen LogP contribution >= 0.6 is 0 Å². The Bertz CT molecular complexity index is 1170. The molecule has 0 aliphatic rings. The lowest BCUT2D eigenvalue weighted by Gasteiger charge is -2.20. The third-order valence-electron chi connectivity index (χ3n) is 5.30. The van der Waals surface area contributed by atoms with Crippen LogP contribution in [-0.2, 0) is 23.0 Å². The predicted octanol–water partition coefficient (Wildman–Crippen LogP) is 5.56. The summed E-state index contributed by atoms with van der Waals surface area (Å²) in [5, 5.41) is 5.73. The van der Waals surface area contributed by atoms with Gasteiger partial charge in [-0.1, -0.05) is 84.9 Å². The number of rotatable bonds is 9. The Morgan fingerprint density at radius 2 is 0.879 bits per heavy atom. The third kappa shape index (κ3) is 6.68. The van der Waals surface area contributed by atoms with Crippen molar-refractivity contribution in [1.82, 2.24) is 0 Å². The van der Waals surface area contributed by atoms with E-state index in [1.54, 1.807) is 24.3 Å². The van der Waals surface area contributed by atoms with Crippen LogP contribution in [0.2, 0.25) is 0 Å². The fraction of sp³-hybridized carbons (Fsp3) is 0.111. The SMILES string of the molecule is O=S(=O)(O)C(Nc1ccc(Cc2ccccc2)cc1)Nc1ccc(Cc2ccccc2)cc1. The van der Waals surface area contributed by atoms with Crippen LogP contribution in [0.1, 0.15) is 22.3 Å². The van der Waals surface area contributed by atoms with E-state index in [9.17, 15) is 13.0 Å². The summed E-state index contributed by atoms with van der Waals surface area (Å²) in [5.41, 5.74) is 4.41. The molecule has 6 heteroatoms. The number of nitrogens with one attached hydrogen (secondary N) is 2. The fourth-order valence-electron chi connectivity index (χ4n) is 3.59. The Kier molecular flexibility index (Phi) is 7.07. The molecule has 4 rings (SSSR count). The summed E-state index contributed by atoms with van der Waals surface area (Å²) >= 11 is 0. The van der Waals surface area contributed by atoms with Crippen LogP contribution in [0.5, 0.6) is 0 Å². The van der Waals surface area contributed by atoms with E-state index in [2.05, 4.69) is 34.9 Å². The van der Waals surface area contributed by atoms with Crippen molar-refractivity contribution in [3.05, 3.63) is 131 Å². The molecular formula is C27H26N2O3S. The molecule has 0 aliphatic heterocycles. The lowest BCUT2D eigenvalue weighted by atomic mass is 10.0. The van der Waals surface area contributed by atoms with Crippen molar-refractivity contribution >= 4 is 21.5 Å². The van der Waals surface area contributed by atoms with Gasteiger partial charge in [0, 0.05) is 11.4 Å². The van der Waals surface area contributed by atoms with Gasteiger partial charge in [-0.25, -0.2) is 0 Å². The molecule has 3 N–H and O–H groups in total. The Balaban J connectivity index is 1.41. The highest BCUT2D eigenvalue weighted by molar-refractivity contribution is 7.86. The molecule has 0 radical (unpaired) electrons. The van der Waals surface area contributed by atoms with E-state index in [-0.39, 0.29) is 0 Å². The minimum atomic E-state index is -4.40. The Labute approximate surface area is 194 Å². The average molecular weight is 459 g/mol. The second-order valence-electron chi connectivity index (χ2n) is 7.90. The normalized spacial score (nSPS) is 11.3. The van der Waals surface area contributed by atoms with Crippen molar-refractivity contribution in [2.24, 2.45) is 0 Å². The molecule has 4 aromatic carbocycles. The standard InChI is InChI=1S/C27H26N2O3S/c30-33(31,32)27(28-25-15-11-23(12-16-25)19-21-7-3-1-4-8-21)29-26-17-13-24(14-18-26)20-22-9-5-2-6-10-22/h1-18,27-29H,19-20H2,(H,30,31,32). The molecule has 33 heavy (non-hydrogen) atoms. The first-order valence-electron chi connectivity index (χ1n) is 10.7. The van der Waals surface area contributed by atoms with E-state index in [4.69, 9.17) is 0 Å². The molecule has 0 saturated carbocycles. The molecule has 0 saturated heterocycles. The highest BCUT2D eigenvalue weighted by atomic mass is 32.2. The summed E-state index contributed by atoms with van der Waals surface area (Å²) < 4.78 is 33.7. The maximum Gasteiger partial charge on any atom is 0.305 e. The van der Waals surface area contributed by atoms with E-state index in [0.29, 0.717) is 11.4 Å². The number of hydrogen-bond donors (Lipinski definition) is 3. The molecular weight excluding hydrogens is 432 g/mol. The van der Waals surface area contributed by atoms with Crippen LogP contribution in [0.4, 0.5) is 11.4 Å². The van der Waals surface area contributed by atoms with Gasteiger partial charge in [-0.15, -0.1) is 0 Å². The number of benzene rings is 4. The summed E-state index contributed by atoms with van der Waals surface area (Å²) in [5.74, 6) is 0. The highest BCUT2D eigenvalue weighted by Gasteiger charge is 2.22. The molecule has 0 bridgehead atoms. The van der Waals surface area contributed by atoms with Crippen molar-refractivity contribution in [1.29, 1.82) is 0 Å². The van der Waals surface area contributed by atoms with Gasteiger partial charge in [0.15, 0.2) is 0 Å². The van der Waals surface area contributed by atoms with Crippen molar-refractivity contribution in [2.45, 2.75) is 18.3 Å². The van der Waals surface area contributed by atoms with Crippen LogP contribution < -0.4 is 10.6 Å². The predicted molar refractivity (Wildman–Crippen MR) is 134 cm³/mol. The minimum absolute atomic E-state index is 0.586. The molecule has 0 aromatic heterocycles. The summed E-state index contributed by atoms with van der Waals surface area (Å²) in [6.45, 7) is 0. The van der Waals surface area contributed by atoms with E-state index in [1.165, 1.54) is 11.1 Å². The van der Waals surface area contributed by atoms with E-state index in [1.807, 2.05) is 60.7 Å². The lowest BCUT2D eigenvalue weighted by Crippen LogP contribution is -2.36. The highest BCUT2D eigenvalue weighted by Crippen LogP contribution is 2.19. The van der Waals surface area contributed by atoms with Crippen LogP contribution in [0.3, 0.4) is 0 Å². The molecule has 5 nitrogen and oxygen atoms in total. The van der Waals surface area contributed by atoms with Gasteiger partial charge in [-0.05, 0) is 59.4 Å². The maximum atomic E-state index is 12.0. The average Bonchev–Trinajstić information content (AvgIpc) is 2.82. The van der Waals surface area contributed by atoms with Gasteiger partial charge >= 0.3 is 10.1 Å². The summed E-state index contributed by atoms with van der Waals surface area (Å²) in [4.78, 5) is 0. The van der Waals surface area contributed by atoms with Gasteiger partial charge in [0.2, 0.25) is 5.50 Å². The summed E-state index contributed by atoms with van der Waals surface area (Å²) in [6.07, 6.45) is 1.58. The lowest BCUT2D eigenvalue weighted by molar-refractivity contribution is 0.476. The Morgan fingerprint density at radius 1 is 0.545 bits per heavy atom. The van der Waals surface area contributed by atoms with Crippen LogP contribution in [-0.4, -0.2) is 18.5 Å². The van der Waals surface area contributed by atoms with E-state index < -0.39 is 15.6 Å². The molecule has 0 fully saturated rings. The fourth-order valence-corrected chi connectivity index (χ4v) is 4.16. The Morgan fingerprint density at radius 3 is 1.21 bits per heavy atom. The van der Waals surface area contributed by atoms with Gasteiger partial charge in [-0.3, -0.25) is 4.55 Å². The van der Waals surface area contributed by atoms with Gasteiger partial charge in [0.05, 0.1) is 0 Å². The second-order valence-corrected chi connectivity index (χ2v) is 9.40. The van der Waals surface area contributed by atoms with Crippen molar-refractivity contribution in [3.8, 4) is 0 Å². The van der Waals surface area contributed by atoms with E-state index in [0.717, 1.165) is 24.0 Å². The quantitative estimate of drug-likeness (QED) is 0.226. The minimum Gasteiger partial charge on any atom is -0.351 e. The van der Waals surface area contributed by atoms with Crippen molar-refractivity contribution < 1.29 is 13.0 Å². The van der Waals surface area contributed by atoms with E-state index >= 15 is 0 Å². The van der Waals surface area contributed by atoms with Crippen LogP contribution in [0, 0.1) is 0 Å². The first-order chi connectivity index (χ1) is 16.0. The smallest absolute Gasteiger partial charge is 0.305 e. The molecule has 0 unspecified atom stereocenters. The van der Waals surface area contributed by atoms with Gasteiger partial charge < -0.3 is 10.6 Å². The zero-order chi connectivity index (χ0) is 23.1. The molecule has 4 aromatic rings. The third-order valence-corrected chi connectivity index (χ3v) is 6.13. The zero-order valence-corrected chi connectivity index (χ0v) is 18.9. The van der Waals surface area contributed by atoms with Crippen LogP contribution in [0.25, 0.3) is 0 Å². The maximum absolute atomic E-state index is 12.0. The largest absolute Gasteiger partial charge is 0.351 e. The van der Waals surface area contributed by atoms with Crippen LogP contribution in [0.15, 0.2) is 109 Å². The van der Waals surface area contributed by atoms with Gasteiger partial charge in [0.25, 0.3) is 0 Å². The second kappa shape index (κ2) is 10.3. The first kappa shape index (κ1) is 22.6. The molecule has 0 aliphatic carbocycles. The molecule has 0 heterocycles. The van der Waals surface area contributed by atoms with Crippen molar-refractivity contribution in [2.75, 3.05) is 10.6 Å². The first-order valence-corrected chi connectivity index (χ1v) is 12.2. The van der Waals surface area contributed by atoms with Crippen molar-refractivity contribution in [3.63, 3.8) is 0 Å². The molecule has 0 amide bonds. The van der Waals surface area contributed by atoms with Gasteiger partial charge in [-0.2, -0.15) is 8.42 Å². The van der Waals surface area contributed by atoms with Gasteiger partial charge in [0.1, 0.15) is 0 Å². The number of hydrogen-bond acceptors (Lipinski definition) is 4. The Hall–Kier alpha value is -3.61. The molecule has 0 spiro atoms. The zero-order valence-electron chi connectivity index (χ0n) is 18.1. The monoisotopic (exact) mass is 458 g/mol. The number of anilines is 2. The topological polar surface area (TPSA) is 78.4 Å².